The molecule has 0 amide bonds. The summed E-state index contributed by atoms with van der Waals surface area (Å²) >= 11 is 0. The smallest absolute Gasteiger partial charge is 0.145 e. The molecule has 0 saturated carbocycles. The van der Waals surface area contributed by atoms with Crippen molar-refractivity contribution in [2.24, 2.45) is 7.05 Å². The number of anilines is 1. The molecule has 2 atom stereocenters. The van der Waals surface area contributed by atoms with Gasteiger partial charge >= 0.3 is 0 Å². The Morgan fingerprint density at radius 1 is 1.43 bits per heavy atom. The molecular formula is C14H22N6O. The monoisotopic (exact) mass is 290 g/mol. The second kappa shape index (κ2) is 5.87. The van der Waals surface area contributed by atoms with Crippen LogP contribution in [0, 0.1) is 0 Å². The fourth-order valence-electron chi connectivity index (χ4n) is 2.95. The number of likely N-dealkylation sites (tertiary alicyclic amines) is 1. The minimum absolute atomic E-state index is 0.274. The molecule has 0 unspecified atom stereocenters. The zero-order valence-corrected chi connectivity index (χ0v) is 12.5. The second-order valence-electron chi connectivity index (χ2n) is 5.59. The van der Waals surface area contributed by atoms with E-state index in [9.17, 15) is 0 Å². The molecule has 21 heavy (non-hydrogen) atoms. The van der Waals surface area contributed by atoms with Crippen LogP contribution in [0.3, 0.4) is 0 Å². The zero-order chi connectivity index (χ0) is 14.8. The van der Waals surface area contributed by atoms with Crippen LogP contribution in [0.25, 0.3) is 0 Å². The molecule has 1 aliphatic rings. The maximum absolute atomic E-state index is 5.69. The minimum Gasteiger partial charge on any atom is -0.382 e. The van der Waals surface area contributed by atoms with Gasteiger partial charge in [-0.15, -0.1) is 0 Å². The topological polar surface area (TPSA) is 74.1 Å². The third-order valence-electron chi connectivity index (χ3n) is 4.17. The maximum atomic E-state index is 5.69. The summed E-state index contributed by atoms with van der Waals surface area (Å²) in [4.78, 5) is 2.43. The summed E-state index contributed by atoms with van der Waals surface area (Å²) in [6.07, 6.45) is 5.05. The number of ether oxygens (including phenoxy) is 1. The lowest BCUT2D eigenvalue weighted by Gasteiger charge is -2.24. The average Bonchev–Trinajstić information content (AvgIpc) is 3.14. The Labute approximate surface area is 124 Å². The predicted octanol–water partition coefficient (Wildman–Crippen LogP) is 0.488. The predicted molar refractivity (Wildman–Crippen MR) is 79.5 cm³/mol. The van der Waals surface area contributed by atoms with Crippen molar-refractivity contribution >= 4 is 5.82 Å². The average molecular weight is 290 g/mol. The van der Waals surface area contributed by atoms with Gasteiger partial charge in [-0.25, -0.2) is 0 Å². The lowest BCUT2D eigenvalue weighted by molar-refractivity contribution is 0.107. The molecular weight excluding hydrogens is 268 g/mol. The first-order valence-corrected chi connectivity index (χ1v) is 7.18. The Hall–Kier alpha value is -1.86. The molecule has 7 heteroatoms. The van der Waals surface area contributed by atoms with Gasteiger partial charge in [0.1, 0.15) is 5.82 Å². The fraction of sp³-hybridized carbons (Fsp3) is 0.571. The van der Waals surface area contributed by atoms with E-state index in [0.717, 1.165) is 26.1 Å². The molecule has 3 heterocycles. The van der Waals surface area contributed by atoms with Gasteiger partial charge in [-0.3, -0.25) is 14.3 Å². The van der Waals surface area contributed by atoms with E-state index >= 15 is 0 Å². The van der Waals surface area contributed by atoms with Crippen LogP contribution in [-0.2, 0) is 24.9 Å². The van der Waals surface area contributed by atoms with Crippen molar-refractivity contribution in [3.8, 4) is 0 Å². The summed E-state index contributed by atoms with van der Waals surface area (Å²) in [5.41, 5.74) is 6.89. The van der Waals surface area contributed by atoms with E-state index in [1.807, 2.05) is 34.9 Å². The summed E-state index contributed by atoms with van der Waals surface area (Å²) in [5.74, 6) is 0.564. The molecule has 2 aromatic rings. The third kappa shape index (κ3) is 3.08. The van der Waals surface area contributed by atoms with Crippen LogP contribution in [0.4, 0.5) is 5.82 Å². The number of nitrogens with two attached hydrogens (primary N) is 1. The number of aromatic nitrogens is 4. The Bertz CT molecular complexity index is 592. The van der Waals surface area contributed by atoms with Crippen molar-refractivity contribution in [1.82, 2.24) is 24.5 Å². The van der Waals surface area contributed by atoms with E-state index in [4.69, 9.17) is 10.5 Å². The van der Waals surface area contributed by atoms with Gasteiger partial charge in [0.25, 0.3) is 0 Å². The molecule has 1 saturated heterocycles. The first-order valence-electron chi connectivity index (χ1n) is 7.18. The van der Waals surface area contributed by atoms with Crippen LogP contribution in [0.5, 0.6) is 0 Å². The second-order valence-corrected chi connectivity index (χ2v) is 5.59. The molecule has 2 N–H and O–H groups in total. The van der Waals surface area contributed by atoms with Gasteiger partial charge in [0.05, 0.1) is 18.3 Å². The SMILES string of the molecule is CO[C@@H]1C[C@@H](Cn2ccc(N)n2)N(Cc2ccnn2C)C1. The van der Waals surface area contributed by atoms with Crippen molar-refractivity contribution in [1.29, 1.82) is 0 Å². The molecule has 0 aliphatic carbocycles. The Morgan fingerprint density at radius 3 is 2.90 bits per heavy atom. The number of rotatable bonds is 5. The number of aryl methyl sites for hydroxylation is 1. The summed E-state index contributed by atoms with van der Waals surface area (Å²) in [6.45, 7) is 2.63. The molecule has 1 aliphatic heterocycles. The highest BCUT2D eigenvalue weighted by Gasteiger charge is 2.32. The number of nitrogens with zero attached hydrogens (tertiary/aromatic N) is 5. The quantitative estimate of drug-likeness (QED) is 0.867. The van der Waals surface area contributed by atoms with Gasteiger partial charge in [0.15, 0.2) is 0 Å². The lowest BCUT2D eigenvalue weighted by Crippen LogP contribution is -2.33. The maximum Gasteiger partial charge on any atom is 0.145 e. The van der Waals surface area contributed by atoms with E-state index in [-0.39, 0.29) is 6.10 Å². The summed E-state index contributed by atoms with van der Waals surface area (Å²) in [5, 5.41) is 8.52. The molecule has 114 valence electrons. The van der Waals surface area contributed by atoms with E-state index in [1.165, 1.54) is 5.69 Å². The van der Waals surface area contributed by atoms with E-state index in [1.54, 1.807) is 7.11 Å². The van der Waals surface area contributed by atoms with Crippen molar-refractivity contribution < 1.29 is 4.74 Å². The van der Waals surface area contributed by atoms with Crippen LogP contribution in [-0.4, -0.2) is 50.3 Å². The summed E-state index contributed by atoms with van der Waals surface area (Å²) < 4.78 is 9.38. The Morgan fingerprint density at radius 2 is 2.29 bits per heavy atom. The molecule has 0 bridgehead atoms. The normalized spacial score (nSPS) is 23.0. The standard InChI is InChI=1S/C14H22N6O/c1-18-11(3-5-16-18)8-19-10-13(21-2)7-12(19)9-20-6-4-14(15)17-20/h3-6,12-13H,7-10H2,1-2H3,(H2,15,17)/t12-,13+/m0/s1. The lowest BCUT2D eigenvalue weighted by atomic mass is 10.2. The fourth-order valence-corrected chi connectivity index (χ4v) is 2.95. The molecule has 2 aromatic heterocycles. The Balaban J connectivity index is 1.71. The molecule has 3 rings (SSSR count). The molecule has 7 nitrogen and oxygen atoms in total. The highest BCUT2D eigenvalue weighted by Crippen LogP contribution is 2.23. The first-order chi connectivity index (χ1) is 10.2. The molecule has 0 radical (unpaired) electrons. The van der Waals surface area contributed by atoms with Gasteiger partial charge in [-0.05, 0) is 18.6 Å². The van der Waals surface area contributed by atoms with Gasteiger partial charge in [0.2, 0.25) is 0 Å². The van der Waals surface area contributed by atoms with Crippen molar-refractivity contribution in [2.75, 3.05) is 19.4 Å². The van der Waals surface area contributed by atoms with Crippen LogP contribution >= 0.6 is 0 Å². The van der Waals surface area contributed by atoms with Gasteiger partial charge < -0.3 is 10.5 Å². The van der Waals surface area contributed by atoms with Crippen molar-refractivity contribution in [3.63, 3.8) is 0 Å². The summed E-state index contributed by atoms with van der Waals surface area (Å²) in [7, 11) is 3.75. The highest BCUT2D eigenvalue weighted by atomic mass is 16.5. The van der Waals surface area contributed by atoms with Crippen LogP contribution in [0.15, 0.2) is 24.5 Å². The highest BCUT2D eigenvalue weighted by molar-refractivity contribution is 5.23. The zero-order valence-electron chi connectivity index (χ0n) is 12.5. The number of hydrogen-bond acceptors (Lipinski definition) is 5. The van der Waals surface area contributed by atoms with E-state index in [0.29, 0.717) is 11.9 Å². The van der Waals surface area contributed by atoms with Crippen LogP contribution in [0.2, 0.25) is 0 Å². The van der Waals surface area contributed by atoms with Gasteiger partial charge in [-0.2, -0.15) is 10.2 Å². The van der Waals surface area contributed by atoms with Crippen LogP contribution in [0.1, 0.15) is 12.1 Å². The number of methoxy groups -OCH3 is 1. The van der Waals surface area contributed by atoms with Crippen molar-refractivity contribution in [3.05, 3.63) is 30.2 Å². The van der Waals surface area contributed by atoms with Crippen molar-refractivity contribution in [2.45, 2.75) is 31.7 Å². The number of nitrogen functional groups attached to an aromatic ring is 1. The van der Waals surface area contributed by atoms with Crippen LogP contribution < -0.4 is 5.73 Å². The number of hydrogen-bond donors (Lipinski definition) is 1. The minimum atomic E-state index is 0.274. The van der Waals surface area contributed by atoms with E-state index in [2.05, 4.69) is 21.2 Å². The Kier molecular flexibility index (Phi) is 3.94. The van der Waals surface area contributed by atoms with Gasteiger partial charge in [0, 0.05) is 45.7 Å². The first kappa shape index (κ1) is 14.1. The third-order valence-corrected chi connectivity index (χ3v) is 4.17. The largest absolute Gasteiger partial charge is 0.382 e. The van der Waals surface area contributed by atoms with E-state index < -0.39 is 0 Å². The molecule has 1 fully saturated rings. The summed E-state index contributed by atoms with van der Waals surface area (Å²) in [6, 6.07) is 4.28. The molecule has 0 spiro atoms. The van der Waals surface area contributed by atoms with Gasteiger partial charge in [-0.1, -0.05) is 0 Å². The molecule has 0 aromatic carbocycles.